The molecule has 0 saturated heterocycles. The lowest BCUT2D eigenvalue weighted by Gasteiger charge is -2.27. The van der Waals surface area contributed by atoms with E-state index in [1.54, 1.807) is 42.8 Å². The highest BCUT2D eigenvalue weighted by Gasteiger charge is 2.45. The van der Waals surface area contributed by atoms with Crippen molar-refractivity contribution in [2.45, 2.75) is 26.3 Å². The highest BCUT2D eigenvalue weighted by atomic mass is 32.1. The zero-order chi connectivity index (χ0) is 23.5. The van der Waals surface area contributed by atoms with Crippen LogP contribution in [0.5, 0.6) is 11.5 Å². The third-order valence-electron chi connectivity index (χ3n) is 5.62. The third-order valence-corrected chi connectivity index (χ3v) is 6.49. The fourth-order valence-corrected chi connectivity index (χ4v) is 4.66. The molecule has 1 atom stereocenters. The predicted molar refractivity (Wildman–Crippen MR) is 129 cm³/mol. The van der Waals surface area contributed by atoms with E-state index in [0.29, 0.717) is 34.2 Å². The second-order valence-corrected chi connectivity index (χ2v) is 8.46. The smallest absolute Gasteiger partial charge is 0.294 e. The minimum absolute atomic E-state index is 0.0506. The summed E-state index contributed by atoms with van der Waals surface area (Å²) in [7, 11) is 1.55. The molecule has 0 spiro atoms. The Kier molecular flexibility index (Phi) is 6.51. The van der Waals surface area contributed by atoms with Crippen molar-refractivity contribution in [3.8, 4) is 11.5 Å². The molecule has 1 aromatic heterocycles. The molecule has 0 bridgehead atoms. The van der Waals surface area contributed by atoms with Crippen molar-refractivity contribution < 1.29 is 24.2 Å². The molecule has 1 unspecified atom stereocenters. The molecule has 2 heterocycles. The second kappa shape index (κ2) is 9.50. The number of ketones is 1. The van der Waals surface area contributed by atoms with Gasteiger partial charge in [0, 0.05) is 5.69 Å². The lowest BCUT2D eigenvalue weighted by atomic mass is 9.94. The van der Waals surface area contributed by atoms with E-state index in [4.69, 9.17) is 9.47 Å². The highest BCUT2D eigenvalue weighted by Crippen LogP contribution is 2.44. The van der Waals surface area contributed by atoms with Crippen LogP contribution in [0.4, 0.5) is 5.69 Å². The number of aryl methyl sites for hydroxylation is 1. The molecule has 6 nitrogen and oxygen atoms in total. The van der Waals surface area contributed by atoms with Gasteiger partial charge in [-0.3, -0.25) is 14.5 Å². The Bertz CT molecular complexity index is 1200. The van der Waals surface area contributed by atoms with E-state index < -0.39 is 17.7 Å². The van der Waals surface area contributed by atoms with E-state index in [9.17, 15) is 14.7 Å². The Morgan fingerprint density at radius 2 is 1.85 bits per heavy atom. The molecule has 1 aliphatic rings. The normalized spacial score (nSPS) is 15.8. The van der Waals surface area contributed by atoms with Gasteiger partial charge in [0.2, 0.25) is 5.78 Å². The van der Waals surface area contributed by atoms with Crippen LogP contribution < -0.4 is 14.4 Å². The molecule has 4 rings (SSSR count). The molecular formula is C26H25NO5S. The monoisotopic (exact) mass is 463 g/mol. The molecule has 1 N–H and O–H groups in total. The van der Waals surface area contributed by atoms with Gasteiger partial charge in [0.1, 0.15) is 0 Å². The summed E-state index contributed by atoms with van der Waals surface area (Å²) in [6, 6.07) is 15.5. The maximum absolute atomic E-state index is 13.4. The predicted octanol–water partition coefficient (Wildman–Crippen LogP) is 5.50. The van der Waals surface area contributed by atoms with Crippen LogP contribution in [0, 0.1) is 0 Å². The number of benzene rings is 2. The summed E-state index contributed by atoms with van der Waals surface area (Å²) < 4.78 is 11.1. The van der Waals surface area contributed by atoms with Gasteiger partial charge in [-0.15, -0.1) is 11.3 Å². The van der Waals surface area contributed by atoms with Crippen molar-refractivity contribution in [1.29, 1.82) is 0 Å². The van der Waals surface area contributed by atoms with Crippen molar-refractivity contribution in [1.82, 2.24) is 0 Å². The van der Waals surface area contributed by atoms with E-state index in [-0.39, 0.29) is 11.4 Å². The van der Waals surface area contributed by atoms with Crippen molar-refractivity contribution in [3.63, 3.8) is 0 Å². The quantitative estimate of drug-likeness (QED) is 0.447. The van der Waals surface area contributed by atoms with E-state index in [2.05, 4.69) is 6.92 Å². The molecule has 1 aliphatic heterocycles. The number of hydrogen-bond donors (Lipinski definition) is 1. The van der Waals surface area contributed by atoms with Crippen LogP contribution in [0.2, 0.25) is 0 Å². The SMILES string of the molecule is CCOc1cc(C2C(C(=O)c3cccs3)=C(O)C(=O)N2c2ccc(CC)cc2)ccc1OC. The van der Waals surface area contributed by atoms with Crippen molar-refractivity contribution >= 4 is 28.7 Å². The highest BCUT2D eigenvalue weighted by molar-refractivity contribution is 7.12. The number of carbonyl (C=O) groups excluding carboxylic acids is 2. The van der Waals surface area contributed by atoms with Crippen LogP contribution in [0.25, 0.3) is 0 Å². The number of hydrogen-bond acceptors (Lipinski definition) is 6. The topological polar surface area (TPSA) is 76.1 Å². The Balaban J connectivity index is 1.88. The van der Waals surface area contributed by atoms with Gasteiger partial charge >= 0.3 is 0 Å². The standard InChI is InChI=1S/C26H25NO5S/c1-4-16-8-11-18(12-9-16)27-23(17-10-13-19(31-3)20(15-17)32-5-2)22(25(29)26(27)30)24(28)21-7-6-14-33-21/h6-15,23,29H,4-5H2,1-3H3. The summed E-state index contributed by atoms with van der Waals surface area (Å²) in [4.78, 5) is 28.6. The second-order valence-electron chi connectivity index (χ2n) is 7.51. The molecule has 0 aliphatic carbocycles. The molecule has 33 heavy (non-hydrogen) atoms. The molecule has 1 amide bonds. The van der Waals surface area contributed by atoms with Crippen LogP contribution in [0.3, 0.4) is 0 Å². The fourth-order valence-electron chi connectivity index (χ4n) is 3.98. The maximum Gasteiger partial charge on any atom is 0.294 e. The lowest BCUT2D eigenvalue weighted by molar-refractivity contribution is -0.117. The molecule has 3 aromatic rings. The Hall–Kier alpha value is -3.58. The third kappa shape index (κ3) is 4.12. The van der Waals surface area contributed by atoms with Crippen molar-refractivity contribution in [3.05, 3.63) is 87.3 Å². The largest absolute Gasteiger partial charge is 0.503 e. The van der Waals surface area contributed by atoms with Gasteiger partial charge in [0.25, 0.3) is 5.91 Å². The Morgan fingerprint density at radius 3 is 2.45 bits per heavy atom. The number of Topliss-reactive ketones (excluding diaryl/α,β-unsaturated/α-hetero) is 1. The molecule has 7 heteroatoms. The van der Waals surface area contributed by atoms with E-state index >= 15 is 0 Å². The van der Waals surface area contributed by atoms with Gasteiger partial charge < -0.3 is 14.6 Å². The number of anilines is 1. The maximum atomic E-state index is 13.4. The number of methoxy groups -OCH3 is 1. The Morgan fingerprint density at radius 1 is 1.09 bits per heavy atom. The van der Waals surface area contributed by atoms with E-state index in [1.165, 1.54) is 16.2 Å². The lowest BCUT2D eigenvalue weighted by Crippen LogP contribution is -2.31. The molecular weight excluding hydrogens is 438 g/mol. The summed E-state index contributed by atoms with van der Waals surface area (Å²) in [5.74, 6) is -0.476. The minimum atomic E-state index is -0.815. The molecule has 2 aromatic carbocycles. The van der Waals surface area contributed by atoms with Gasteiger partial charge in [0.05, 0.1) is 30.2 Å². The molecule has 0 fully saturated rings. The van der Waals surface area contributed by atoms with Gasteiger partial charge in [-0.05, 0) is 60.2 Å². The number of ether oxygens (including phenoxy) is 2. The van der Waals surface area contributed by atoms with Crippen LogP contribution in [-0.4, -0.2) is 30.5 Å². The van der Waals surface area contributed by atoms with Gasteiger partial charge in [0.15, 0.2) is 17.3 Å². The molecule has 0 radical (unpaired) electrons. The summed E-state index contributed by atoms with van der Waals surface area (Å²) >= 11 is 1.27. The fraction of sp³-hybridized carbons (Fsp3) is 0.231. The van der Waals surface area contributed by atoms with E-state index in [0.717, 1.165) is 12.0 Å². The van der Waals surface area contributed by atoms with Crippen LogP contribution in [0.15, 0.2) is 71.3 Å². The zero-order valence-corrected chi connectivity index (χ0v) is 19.5. The number of rotatable bonds is 8. The summed E-state index contributed by atoms with van der Waals surface area (Å²) in [5.41, 5.74) is 2.40. The number of carbonyl (C=O) groups is 2. The number of nitrogens with zero attached hydrogens (tertiary/aromatic N) is 1. The van der Waals surface area contributed by atoms with Crippen molar-refractivity contribution in [2.24, 2.45) is 0 Å². The van der Waals surface area contributed by atoms with Crippen molar-refractivity contribution in [2.75, 3.05) is 18.6 Å². The van der Waals surface area contributed by atoms with E-state index in [1.807, 2.05) is 31.2 Å². The van der Waals surface area contributed by atoms with Gasteiger partial charge in [-0.25, -0.2) is 0 Å². The summed E-state index contributed by atoms with van der Waals surface area (Å²) in [5, 5.41) is 12.7. The van der Waals surface area contributed by atoms with Crippen LogP contribution in [0.1, 0.15) is 40.7 Å². The Labute approximate surface area is 196 Å². The number of thiophene rings is 1. The van der Waals surface area contributed by atoms with Crippen LogP contribution in [-0.2, 0) is 11.2 Å². The molecule has 170 valence electrons. The first-order chi connectivity index (χ1) is 16.0. The summed E-state index contributed by atoms with van der Waals surface area (Å²) in [6.07, 6.45) is 0.861. The average Bonchev–Trinajstić information content (AvgIpc) is 3.46. The van der Waals surface area contributed by atoms with Gasteiger partial charge in [-0.2, -0.15) is 0 Å². The summed E-state index contributed by atoms with van der Waals surface area (Å²) in [6.45, 7) is 4.34. The number of amides is 1. The first-order valence-electron chi connectivity index (χ1n) is 10.7. The molecule has 0 saturated carbocycles. The first-order valence-corrected chi connectivity index (χ1v) is 11.6. The van der Waals surface area contributed by atoms with Gasteiger partial charge in [-0.1, -0.05) is 31.2 Å². The minimum Gasteiger partial charge on any atom is -0.503 e. The number of aliphatic hydroxyl groups is 1. The zero-order valence-electron chi connectivity index (χ0n) is 18.7. The number of aliphatic hydroxyl groups excluding tert-OH is 1. The average molecular weight is 464 g/mol. The van der Waals surface area contributed by atoms with Crippen LogP contribution >= 0.6 is 11.3 Å². The first kappa shape index (κ1) is 22.6.